The molecule has 33 heavy (non-hydrogen) atoms. The second-order valence-electron chi connectivity index (χ2n) is 6.90. The SMILES string of the molecule is CCn1c(=NC(=O)c2ccc(S(=O)(=O)N(CCC#N)CCC#N)cc2)sc2cc(Cl)ccc21. The van der Waals surface area contributed by atoms with E-state index in [-0.39, 0.29) is 36.4 Å². The molecule has 0 fully saturated rings. The molecule has 1 amide bonds. The monoisotopic (exact) mass is 501 g/mol. The van der Waals surface area contributed by atoms with E-state index in [0.29, 0.717) is 16.4 Å². The van der Waals surface area contributed by atoms with Crippen LogP contribution in [0.3, 0.4) is 0 Å². The van der Waals surface area contributed by atoms with Crippen molar-refractivity contribution in [3.8, 4) is 12.1 Å². The topological polar surface area (TPSA) is 119 Å². The summed E-state index contributed by atoms with van der Waals surface area (Å²) in [4.78, 5) is 17.5. The highest BCUT2D eigenvalue weighted by atomic mass is 35.5. The summed E-state index contributed by atoms with van der Waals surface area (Å²) in [6.07, 6.45) is 0.0236. The van der Waals surface area contributed by atoms with Crippen LogP contribution >= 0.6 is 22.9 Å². The van der Waals surface area contributed by atoms with Gasteiger partial charge in [0.05, 0.1) is 27.3 Å². The predicted molar refractivity (Wildman–Crippen MR) is 126 cm³/mol. The number of nitrogens with zero attached hydrogens (tertiary/aromatic N) is 5. The standard InChI is InChI=1S/C22H20ClN5O3S2/c1-2-28-19-10-7-17(23)15-20(19)32-22(28)26-21(29)16-5-8-18(9-6-16)33(30,31)27(13-3-11-24)14-4-12-25/h5-10,15H,2-4,13-14H2,1H3. The molecule has 0 aliphatic rings. The highest BCUT2D eigenvalue weighted by Crippen LogP contribution is 2.22. The van der Waals surface area contributed by atoms with Crippen LogP contribution in [0.15, 0.2) is 52.4 Å². The van der Waals surface area contributed by atoms with Crippen LogP contribution in [0, 0.1) is 22.7 Å². The number of carbonyl (C=O) groups is 1. The number of amides is 1. The molecule has 0 N–H and O–H groups in total. The lowest BCUT2D eigenvalue weighted by Gasteiger charge is -2.20. The van der Waals surface area contributed by atoms with Gasteiger partial charge in [-0.15, -0.1) is 0 Å². The van der Waals surface area contributed by atoms with Crippen LogP contribution in [-0.4, -0.2) is 36.3 Å². The average molecular weight is 502 g/mol. The molecule has 0 radical (unpaired) electrons. The van der Waals surface area contributed by atoms with Crippen LogP contribution in [0.2, 0.25) is 5.02 Å². The molecule has 2 aromatic carbocycles. The number of thiazole rings is 1. The second-order valence-corrected chi connectivity index (χ2v) is 10.3. The fourth-order valence-corrected chi connectivity index (χ4v) is 6.02. The predicted octanol–water partition coefficient (Wildman–Crippen LogP) is 3.94. The molecule has 0 atom stereocenters. The Balaban J connectivity index is 1.91. The first-order chi connectivity index (χ1) is 15.8. The van der Waals surface area contributed by atoms with Crippen molar-refractivity contribution in [1.82, 2.24) is 8.87 Å². The van der Waals surface area contributed by atoms with Crippen molar-refractivity contribution in [1.29, 1.82) is 10.5 Å². The average Bonchev–Trinajstić information content (AvgIpc) is 3.14. The van der Waals surface area contributed by atoms with Gasteiger partial charge in [-0.05, 0) is 49.4 Å². The van der Waals surface area contributed by atoms with Crippen molar-refractivity contribution in [2.24, 2.45) is 4.99 Å². The van der Waals surface area contributed by atoms with Crippen molar-refractivity contribution in [2.75, 3.05) is 13.1 Å². The maximum Gasteiger partial charge on any atom is 0.279 e. The summed E-state index contributed by atoms with van der Waals surface area (Å²) in [6, 6.07) is 14.8. The molecule has 0 spiro atoms. The van der Waals surface area contributed by atoms with Crippen LogP contribution in [0.5, 0.6) is 0 Å². The Labute approximate surface area is 200 Å². The lowest BCUT2D eigenvalue weighted by atomic mass is 10.2. The van der Waals surface area contributed by atoms with Crippen LogP contribution in [0.4, 0.5) is 0 Å². The van der Waals surface area contributed by atoms with Crippen molar-refractivity contribution in [2.45, 2.75) is 31.2 Å². The van der Waals surface area contributed by atoms with E-state index < -0.39 is 15.9 Å². The first kappa shape index (κ1) is 24.6. The summed E-state index contributed by atoms with van der Waals surface area (Å²) in [5.41, 5.74) is 1.17. The first-order valence-electron chi connectivity index (χ1n) is 10.0. The number of fused-ring (bicyclic) bond motifs is 1. The van der Waals surface area contributed by atoms with E-state index in [2.05, 4.69) is 4.99 Å². The van der Waals surface area contributed by atoms with Crippen LogP contribution < -0.4 is 4.80 Å². The molecule has 1 heterocycles. The van der Waals surface area contributed by atoms with Crippen LogP contribution in [0.1, 0.15) is 30.1 Å². The Hall–Kier alpha value is -3.02. The van der Waals surface area contributed by atoms with E-state index >= 15 is 0 Å². The normalized spacial score (nSPS) is 12.1. The molecular formula is C22H20ClN5O3S2. The van der Waals surface area contributed by atoms with Crippen molar-refractivity contribution < 1.29 is 13.2 Å². The number of halogens is 1. The Morgan fingerprint density at radius 3 is 2.33 bits per heavy atom. The highest BCUT2D eigenvalue weighted by molar-refractivity contribution is 7.89. The molecule has 11 heteroatoms. The van der Waals surface area contributed by atoms with Gasteiger partial charge in [-0.2, -0.15) is 19.8 Å². The lowest BCUT2D eigenvalue weighted by Crippen LogP contribution is -2.32. The van der Waals surface area contributed by atoms with Crippen LogP contribution in [-0.2, 0) is 16.6 Å². The van der Waals surface area contributed by atoms with E-state index in [1.165, 1.54) is 35.6 Å². The summed E-state index contributed by atoms with van der Waals surface area (Å²) in [5, 5.41) is 18.2. The zero-order valence-corrected chi connectivity index (χ0v) is 20.1. The van der Waals surface area contributed by atoms with Gasteiger partial charge in [0.15, 0.2) is 4.80 Å². The Morgan fingerprint density at radius 1 is 1.12 bits per heavy atom. The van der Waals surface area contributed by atoms with Gasteiger partial charge in [0, 0.05) is 43.1 Å². The van der Waals surface area contributed by atoms with E-state index in [4.69, 9.17) is 22.1 Å². The number of sulfonamides is 1. The molecule has 170 valence electrons. The summed E-state index contributed by atoms with van der Waals surface area (Å²) < 4.78 is 29.8. The number of carbonyl (C=O) groups excluding carboxylic acids is 1. The van der Waals surface area contributed by atoms with Gasteiger partial charge in [0.25, 0.3) is 5.91 Å². The highest BCUT2D eigenvalue weighted by Gasteiger charge is 2.24. The lowest BCUT2D eigenvalue weighted by molar-refractivity contribution is 0.0997. The third-order valence-electron chi connectivity index (χ3n) is 4.84. The van der Waals surface area contributed by atoms with Crippen molar-refractivity contribution in [3.05, 3.63) is 57.9 Å². The Morgan fingerprint density at radius 2 is 1.76 bits per heavy atom. The summed E-state index contributed by atoms with van der Waals surface area (Å²) in [6.45, 7) is 2.55. The maximum atomic E-state index is 12.9. The summed E-state index contributed by atoms with van der Waals surface area (Å²) >= 11 is 7.42. The minimum atomic E-state index is -3.90. The molecule has 0 unspecified atom stereocenters. The fourth-order valence-electron chi connectivity index (χ4n) is 3.21. The van der Waals surface area contributed by atoms with Gasteiger partial charge in [0.1, 0.15) is 0 Å². The van der Waals surface area contributed by atoms with Crippen molar-refractivity contribution >= 4 is 49.1 Å². The van der Waals surface area contributed by atoms with Gasteiger partial charge < -0.3 is 4.57 Å². The minimum absolute atomic E-state index is 0.0104. The molecule has 3 aromatic rings. The number of rotatable bonds is 8. The second kappa shape index (κ2) is 10.7. The summed E-state index contributed by atoms with van der Waals surface area (Å²) in [7, 11) is -3.90. The number of hydrogen-bond acceptors (Lipinski definition) is 6. The van der Waals surface area contributed by atoms with Crippen LogP contribution in [0.25, 0.3) is 10.2 Å². The quantitative estimate of drug-likeness (QED) is 0.463. The molecule has 3 rings (SSSR count). The first-order valence-corrected chi connectivity index (χ1v) is 12.7. The molecule has 0 bridgehead atoms. The van der Waals surface area contributed by atoms with E-state index in [0.717, 1.165) is 14.5 Å². The van der Waals surface area contributed by atoms with Gasteiger partial charge in [-0.3, -0.25) is 4.79 Å². The number of benzene rings is 2. The molecule has 8 nitrogen and oxygen atoms in total. The van der Waals surface area contributed by atoms with Gasteiger partial charge in [-0.1, -0.05) is 22.9 Å². The Bertz CT molecular complexity index is 1410. The smallest absolute Gasteiger partial charge is 0.279 e. The zero-order chi connectivity index (χ0) is 24.0. The molecular weight excluding hydrogens is 482 g/mol. The van der Waals surface area contributed by atoms with Gasteiger partial charge in [0.2, 0.25) is 10.0 Å². The zero-order valence-electron chi connectivity index (χ0n) is 17.7. The number of aryl methyl sites for hydroxylation is 1. The molecule has 0 saturated carbocycles. The maximum absolute atomic E-state index is 12.9. The largest absolute Gasteiger partial charge is 0.317 e. The van der Waals surface area contributed by atoms with E-state index in [1.54, 1.807) is 6.07 Å². The third-order valence-corrected chi connectivity index (χ3v) is 8.03. The van der Waals surface area contributed by atoms with E-state index in [9.17, 15) is 13.2 Å². The Kier molecular flexibility index (Phi) is 8.01. The number of aromatic nitrogens is 1. The number of nitriles is 2. The molecule has 0 aliphatic heterocycles. The van der Waals surface area contributed by atoms with E-state index in [1.807, 2.05) is 35.8 Å². The molecule has 0 saturated heterocycles. The fraction of sp³-hybridized carbons (Fsp3) is 0.273. The summed E-state index contributed by atoms with van der Waals surface area (Å²) in [5.74, 6) is -0.496. The minimum Gasteiger partial charge on any atom is -0.317 e. The number of hydrogen-bond donors (Lipinski definition) is 0. The van der Waals surface area contributed by atoms with Gasteiger partial charge >= 0.3 is 0 Å². The third kappa shape index (κ3) is 5.49. The molecule has 0 aliphatic carbocycles. The van der Waals surface area contributed by atoms with Crippen molar-refractivity contribution in [3.63, 3.8) is 0 Å². The molecule has 1 aromatic heterocycles. The van der Waals surface area contributed by atoms with Gasteiger partial charge in [-0.25, -0.2) is 8.42 Å².